The van der Waals surface area contributed by atoms with E-state index in [1.165, 1.54) is 6.92 Å². The van der Waals surface area contributed by atoms with Gasteiger partial charge in [0.25, 0.3) is 0 Å². The molecule has 0 aliphatic heterocycles. The molecule has 0 radical (unpaired) electrons. The molecule has 1 rings (SSSR count). The number of rotatable bonds is 6. The Hall–Kier alpha value is -2.09. The zero-order chi connectivity index (χ0) is 18.4. The molecule has 0 spiro atoms. The number of carbonyl (C=O) groups is 1. The fourth-order valence-corrected chi connectivity index (χ4v) is 1.88. The fourth-order valence-electron chi connectivity index (χ4n) is 1.78. The molecule has 0 atom stereocenters. The summed E-state index contributed by atoms with van der Waals surface area (Å²) in [7, 11) is 0. The first-order valence-corrected chi connectivity index (χ1v) is 7.30. The number of hydrogen-bond acceptors (Lipinski definition) is 4. The van der Waals surface area contributed by atoms with Gasteiger partial charge in [0.15, 0.2) is 23.3 Å². The number of esters is 1. The second kappa shape index (κ2) is 8.68. The van der Waals surface area contributed by atoms with Gasteiger partial charge in [-0.25, -0.2) is 22.4 Å². The van der Waals surface area contributed by atoms with Crippen LogP contribution >= 0.6 is 11.6 Å². The summed E-state index contributed by atoms with van der Waals surface area (Å²) in [4.78, 5) is 15.6. The van der Waals surface area contributed by atoms with Crippen LogP contribution in [0, 0.1) is 30.2 Å². The zero-order valence-corrected chi connectivity index (χ0v) is 13.6. The summed E-state index contributed by atoms with van der Waals surface area (Å²) in [6.07, 6.45) is 0.841. The van der Waals surface area contributed by atoms with Crippen molar-refractivity contribution in [2.45, 2.75) is 13.8 Å². The van der Waals surface area contributed by atoms with E-state index < -0.39 is 51.7 Å². The van der Waals surface area contributed by atoms with E-state index in [9.17, 15) is 27.5 Å². The molecule has 0 unspecified atom stereocenters. The Kier molecular flexibility index (Phi) is 7.21. The van der Waals surface area contributed by atoms with Crippen LogP contribution in [0.2, 0.25) is 0 Å². The minimum atomic E-state index is -2.11. The first-order valence-electron chi connectivity index (χ1n) is 6.76. The molecule has 1 aromatic carbocycles. The van der Waals surface area contributed by atoms with Crippen molar-refractivity contribution in [3.63, 3.8) is 0 Å². The van der Waals surface area contributed by atoms with Crippen molar-refractivity contribution < 1.29 is 32.2 Å². The molecule has 132 valence electrons. The molecule has 1 N–H and O–H groups in total. The molecule has 0 amide bonds. The number of aliphatic hydroxyl groups excluding tert-OH is 1. The molecule has 9 heteroatoms. The topological polar surface area (TPSA) is 58.9 Å². The Morgan fingerprint density at radius 1 is 1.21 bits per heavy atom. The van der Waals surface area contributed by atoms with Crippen LogP contribution in [0.15, 0.2) is 10.6 Å². The second-order valence-corrected chi connectivity index (χ2v) is 4.84. The van der Waals surface area contributed by atoms with Crippen LogP contribution in [0.3, 0.4) is 0 Å². The fraction of sp³-hybridized carbons (Fsp3) is 0.333. The molecule has 0 aromatic heterocycles. The highest BCUT2D eigenvalue weighted by Gasteiger charge is 2.28. The van der Waals surface area contributed by atoms with E-state index in [4.69, 9.17) is 11.6 Å². The van der Waals surface area contributed by atoms with Gasteiger partial charge in [-0.1, -0.05) is 0 Å². The normalized spacial score (nSPS) is 12.5. The van der Waals surface area contributed by atoms with Gasteiger partial charge >= 0.3 is 5.97 Å². The van der Waals surface area contributed by atoms with E-state index in [2.05, 4.69) is 9.73 Å². The van der Waals surface area contributed by atoms with Gasteiger partial charge in [-0.05, 0) is 13.8 Å². The SMILES string of the molecule is CCOC(=O)/C(C=NCCCl)=C(\O)c1c(C)c(F)c(F)c(F)c1F. The number of ether oxygens (including phenoxy) is 1. The van der Waals surface area contributed by atoms with E-state index in [1.807, 2.05) is 0 Å². The number of hydrogen-bond donors (Lipinski definition) is 1. The molecule has 0 aliphatic rings. The summed E-state index contributed by atoms with van der Waals surface area (Å²) in [5.41, 5.74) is -2.35. The number of aliphatic imine (C=N–C) groups is 1. The average Bonchev–Trinajstić information content (AvgIpc) is 2.55. The number of aliphatic hydroxyl groups is 1. The van der Waals surface area contributed by atoms with Crippen molar-refractivity contribution >= 4 is 29.5 Å². The van der Waals surface area contributed by atoms with Crippen LogP contribution in [0.25, 0.3) is 5.76 Å². The van der Waals surface area contributed by atoms with Gasteiger partial charge in [0.1, 0.15) is 11.3 Å². The number of alkyl halides is 1. The maximum absolute atomic E-state index is 14.0. The predicted octanol–water partition coefficient (Wildman–Crippen LogP) is 3.69. The average molecular weight is 368 g/mol. The Morgan fingerprint density at radius 3 is 2.33 bits per heavy atom. The van der Waals surface area contributed by atoms with Gasteiger partial charge in [0.05, 0.1) is 18.7 Å². The van der Waals surface area contributed by atoms with E-state index in [-0.39, 0.29) is 19.0 Å². The van der Waals surface area contributed by atoms with Crippen LogP contribution in [0.1, 0.15) is 18.1 Å². The third-order valence-electron chi connectivity index (χ3n) is 2.92. The van der Waals surface area contributed by atoms with Gasteiger partial charge in [0.2, 0.25) is 0 Å². The van der Waals surface area contributed by atoms with Crippen molar-refractivity contribution in [1.29, 1.82) is 0 Å². The Labute approximate surface area is 140 Å². The molecule has 0 heterocycles. The lowest BCUT2D eigenvalue weighted by Gasteiger charge is -2.12. The lowest BCUT2D eigenvalue weighted by Crippen LogP contribution is -2.14. The molecule has 0 saturated carbocycles. The molecule has 4 nitrogen and oxygen atoms in total. The van der Waals surface area contributed by atoms with Crippen LogP contribution in [0.5, 0.6) is 0 Å². The van der Waals surface area contributed by atoms with Gasteiger partial charge in [0, 0.05) is 17.7 Å². The Bertz CT molecular complexity index is 675. The zero-order valence-electron chi connectivity index (χ0n) is 12.8. The van der Waals surface area contributed by atoms with E-state index in [0.29, 0.717) is 0 Å². The molecular formula is C15H14ClF4NO3. The smallest absolute Gasteiger partial charge is 0.343 e. The van der Waals surface area contributed by atoms with Gasteiger partial charge in [-0.3, -0.25) is 4.99 Å². The summed E-state index contributed by atoms with van der Waals surface area (Å²) in [6, 6.07) is 0. The minimum absolute atomic E-state index is 0.0609. The summed E-state index contributed by atoms with van der Waals surface area (Å²) < 4.78 is 58.9. The standard InChI is InChI=1S/C15H14ClF4NO3/c1-3-24-15(23)8(6-21-5-4-16)14(22)9-7(2)10(17)12(19)13(20)11(9)18/h6,22H,3-5H2,1-2H3/b14-8-,21-6?. The predicted molar refractivity (Wildman–Crippen MR) is 81.3 cm³/mol. The van der Waals surface area contributed by atoms with Crippen molar-refractivity contribution in [3.8, 4) is 0 Å². The Morgan fingerprint density at radius 2 is 1.79 bits per heavy atom. The first kappa shape index (κ1) is 20.0. The molecular weight excluding hydrogens is 354 g/mol. The van der Waals surface area contributed by atoms with Crippen molar-refractivity contribution in [3.05, 3.63) is 40.0 Å². The van der Waals surface area contributed by atoms with Crippen molar-refractivity contribution in [1.82, 2.24) is 0 Å². The lowest BCUT2D eigenvalue weighted by molar-refractivity contribution is -0.137. The third-order valence-corrected chi connectivity index (χ3v) is 3.09. The highest BCUT2D eigenvalue weighted by Crippen LogP contribution is 2.29. The number of nitrogens with zero attached hydrogens (tertiary/aromatic N) is 1. The largest absolute Gasteiger partial charge is 0.506 e. The quantitative estimate of drug-likeness (QED) is 0.122. The summed E-state index contributed by atoms with van der Waals surface area (Å²) in [6.45, 7) is 2.38. The van der Waals surface area contributed by atoms with E-state index >= 15 is 0 Å². The monoisotopic (exact) mass is 367 g/mol. The van der Waals surface area contributed by atoms with Gasteiger partial charge in [-0.15, -0.1) is 11.6 Å². The number of halogens is 5. The van der Waals surface area contributed by atoms with Crippen LogP contribution in [-0.2, 0) is 9.53 Å². The highest BCUT2D eigenvalue weighted by molar-refractivity contribution is 6.18. The second-order valence-electron chi connectivity index (χ2n) is 4.46. The van der Waals surface area contributed by atoms with E-state index in [0.717, 1.165) is 13.1 Å². The number of carbonyl (C=O) groups excluding carboxylic acids is 1. The van der Waals surface area contributed by atoms with Crippen molar-refractivity contribution in [2.75, 3.05) is 19.0 Å². The maximum atomic E-state index is 14.0. The summed E-state index contributed by atoms with van der Waals surface area (Å²) in [5.74, 6) is -9.78. The summed E-state index contributed by atoms with van der Waals surface area (Å²) in [5, 5.41) is 10.1. The molecule has 24 heavy (non-hydrogen) atoms. The lowest BCUT2D eigenvalue weighted by atomic mass is 10.0. The number of benzene rings is 1. The highest BCUT2D eigenvalue weighted by atomic mass is 35.5. The molecule has 1 aromatic rings. The van der Waals surface area contributed by atoms with Gasteiger partial charge in [-0.2, -0.15) is 0 Å². The molecule has 0 bridgehead atoms. The molecule has 0 fully saturated rings. The first-order chi connectivity index (χ1) is 11.3. The Balaban J connectivity index is 3.64. The van der Waals surface area contributed by atoms with Crippen LogP contribution in [-0.4, -0.2) is 36.3 Å². The minimum Gasteiger partial charge on any atom is -0.506 e. The molecule has 0 saturated heterocycles. The maximum Gasteiger partial charge on any atom is 0.343 e. The van der Waals surface area contributed by atoms with Crippen molar-refractivity contribution in [2.24, 2.45) is 4.99 Å². The third kappa shape index (κ3) is 4.05. The van der Waals surface area contributed by atoms with Crippen LogP contribution in [0.4, 0.5) is 17.6 Å². The van der Waals surface area contributed by atoms with E-state index in [1.54, 1.807) is 0 Å². The van der Waals surface area contributed by atoms with Crippen LogP contribution < -0.4 is 0 Å². The van der Waals surface area contributed by atoms with Gasteiger partial charge < -0.3 is 9.84 Å². The molecule has 0 aliphatic carbocycles. The summed E-state index contributed by atoms with van der Waals surface area (Å²) >= 11 is 5.42.